The molecule has 2 rings (SSSR count). The van der Waals surface area contributed by atoms with Crippen LogP contribution in [0.4, 0.5) is 0 Å². The lowest BCUT2D eigenvalue weighted by Gasteiger charge is -2.21. The summed E-state index contributed by atoms with van der Waals surface area (Å²) in [6.07, 6.45) is 1.77. The van der Waals surface area contributed by atoms with E-state index in [1.807, 2.05) is 12.1 Å². The van der Waals surface area contributed by atoms with Gasteiger partial charge in [0.15, 0.2) is 0 Å². The van der Waals surface area contributed by atoms with Crippen molar-refractivity contribution in [1.82, 2.24) is 10.4 Å². The highest BCUT2D eigenvalue weighted by Crippen LogP contribution is 2.28. The fourth-order valence-electron chi connectivity index (χ4n) is 2.12. The van der Waals surface area contributed by atoms with Crippen LogP contribution in [-0.4, -0.2) is 4.98 Å². The third-order valence-electron chi connectivity index (χ3n) is 3.34. The zero-order chi connectivity index (χ0) is 14.8. The zero-order valence-corrected chi connectivity index (χ0v) is 13.6. The van der Waals surface area contributed by atoms with E-state index in [2.05, 4.69) is 71.4 Å². The van der Waals surface area contributed by atoms with Crippen molar-refractivity contribution < 1.29 is 0 Å². The lowest BCUT2D eigenvalue weighted by atomic mass is 9.86. The molecule has 4 heteroatoms. The van der Waals surface area contributed by atoms with E-state index in [4.69, 9.17) is 5.84 Å². The van der Waals surface area contributed by atoms with Crippen molar-refractivity contribution in [3.63, 3.8) is 0 Å². The Labute approximate surface area is 128 Å². The molecule has 3 nitrogen and oxygen atoms in total. The van der Waals surface area contributed by atoms with Gasteiger partial charge >= 0.3 is 0 Å². The second-order valence-corrected chi connectivity index (χ2v) is 6.70. The van der Waals surface area contributed by atoms with Gasteiger partial charge in [0.25, 0.3) is 0 Å². The first-order chi connectivity index (χ1) is 9.43. The van der Waals surface area contributed by atoms with Crippen LogP contribution in [0.15, 0.2) is 47.1 Å². The molecule has 1 heterocycles. The SMILES string of the molecule is CC(C)(C)c1ccc(C(NN)c2ncccc2Br)cc1. The van der Waals surface area contributed by atoms with Crippen LogP contribution in [0.3, 0.4) is 0 Å². The maximum absolute atomic E-state index is 5.72. The van der Waals surface area contributed by atoms with Crippen LogP contribution in [0, 0.1) is 0 Å². The number of benzene rings is 1. The van der Waals surface area contributed by atoms with Gasteiger partial charge in [-0.3, -0.25) is 10.8 Å². The molecule has 0 saturated heterocycles. The predicted molar refractivity (Wildman–Crippen MR) is 86.2 cm³/mol. The molecule has 0 spiro atoms. The average Bonchev–Trinajstić information content (AvgIpc) is 2.41. The third kappa shape index (κ3) is 3.26. The van der Waals surface area contributed by atoms with Gasteiger partial charge in [-0.25, -0.2) is 5.43 Å². The summed E-state index contributed by atoms with van der Waals surface area (Å²) in [5.74, 6) is 5.72. The number of nitrogens with one attached hydrogen (secondary N) is 1. The number of hydrogen-bond acceptors (Lipinski definition) is 3. The van der Waals surface area contributed by atoms with Crippen LogP contribution in [0.5, 0.6) is 0 Å². The van der Waals surface area contributed by atoms with Crippen molar-refractivity contribution in [3.8, 4) is 0 Å². The first-order valence-corrected chi connectivity index (χ1v) is 7.40. The quantitative estimate of drug-likeness (QED) is 0.665. The van der Waals surface area contributed by atoms with E-state index in [-0.39, 0.29) is 11.5 Å². The van der Waals surface area contributed by atoms with E-state index in [1.165, 1.54) is 5.56 Å². The van der Waals surface area contributed by atoms with Crippen molar-refractivity contribution in [2.75, 3.05) is 0 Å². The number of nitrogens with two attached hydrogens (primary N) is 1. The molecule has 0 aliphatic heterocycles. The minimum Gasteiger partial charge on any atom is -0.271 e. The Morgan fingerprint density at radius 2 is 1.80 bits per heavy atom. The highest BCUT2D eigenvalue weighted by atomic mass is 79.9. The van der Waals surface area contributed by atoms with Crippen LogP contribution in [0.2, 0.25) is 0 Å². The number of pyridine rings is 1. The Kier molecular flexibility index (Phi) is 4.58. The largest absolute Gasteiger partial charge is 0.271 e. The number of nitrogens with zero attached hydrogens (tertiary/aromatic N) is 1. The van der Waals surface area contributed by atoms with Gasteiger partial charge < -0.3 is 0 Å². The summed E-state index contributed by atoms with van der Waals surface area (Å²) in [6.45, 7) is 6.61. The molecule has 1 unspecified atom stereocenters. The Morgan fingerprint density at radius 1 is 1.15 bits per heavy atom. The summed E-state index contributed by atoms with van der Waals surface area (Å²) in [7, 11) is 0. The molecule has 0 fully saturated rings. The Morgan fingerprint density at radius 3 is 2.30 bits per heavy atom. The molecule has 3 N–H and O–H groups in total. The van der Waals surface area contributed by atoms with Gasteiger partial charge in [-0.15, -0.1) is 0 Å². The topological polar surface area (TPSA) is 50.9 Å². The van der Waals surface area contributed by atoms with Gasteiger partial charge in [0.05, 0.1) is 11.7 Å². The molecule has 0 aliphatic rings. The molecule has 1 aromatic carbocycles. The number of aromatic nitrogens is 1. The third-order valence-corrected chi connectivity index (χ3v) is 4.01. The average molecular weight is 334 g/mol. The summed E-state index contributed by atoms with van der Waals surface area (Å²) in [6, 6.07) is 12.2. The number of hydrogen-bond donors (Lipinski definition) is 2. The maximum atomic E-state index is 5.72. The highest BCUT2D eigenvalue weighted by molar-refractivity contribution is 9.10. The van der Waals surface area contributed by atoms with Crippen LogP contribution >= 0.6 is 15.9 Å². The molecule has 0 aliphatic carbocycles. The molecule has 2 aromatic rings. The van der Waals surface area contributed by atoms with Crippen molar-refractivity contribution in [1.29, 1.82) is 0 Å². The van der Waals surface area contributed by atoms with Crippen LogP contribution in [-0.2, 0) is 5.41 Å². The second kappa shape index (κ2) is 6.04. The molecular formula is C16H20BrN3. The minimum atomic E-state index is -0.125. The summed E-state index contributed by atoms with van der Waals surface area (Å²) >= 11 is 3.52. The lowest BCUT2D eigenvalue weighted by Crippen LogP contribution is -2.29. The fourth-order valence-corrected chi connectivity index (χ4v) is 2.60. The number of hydrazine groups is 1. The normalized spacial score (nSPS) is 13.2. The predicted octanol–water partition coefficient (Wildman–Crippen LogP) is 3.69. The van der Waals surface area contributed by atoms with Gasteiger partial charge in [0.1, 0.15) is 0 Å². The van der Waals surface area contributed by atoms with Crippen molar-refractivity contribution in [3.05, 3.63) is 63.9 Å². The molecule has 0 bridgehead atoms. The molecule has 0 amide bonds. The smallest absolute Gasteiger partial charge is 0.0892 e. The minimum absolute atomic E-state index is 0.125. The Bertz CT molecular complexity index is 573. The molecule has 20 heavy (non-hydrogen) atoms. The van der Waals surface area contributed by atoms with Gasteiger partial charge in [-0.1, -0.05) is 45.0 Å². The van der Waals surface area contributed by atoms with E-state index >= 15 is 0 Å². The van der Waals surface area contributed by atoms with Gasteiger partial charge in [-0.2, -0.15) is 0 Å². The number of halogens is 1. The summed E-state index contributed by atoms with van der Waals surface area (Å²) in [5.41, 5.74) is 6.28. The van der Waals surface area contributed by atoms with E-state index < -0.39 is 0 Å². The van der Waals surface area contributed by atoms with Crippen LogP contribution in [0.1, 0.15) is 43.6 Å². The first kappa shape index (κ1) is 15.2. The molecule has 0 radical (unpaired) electrons. The van der Waals surface area contributed by atoms with Crippen LogP contribution in [0.25, 0.3) is 0 Å². The molecule has 106 valence electrons. The fraction of sp³-hybridized carbons (Fsp3) is 0.312. The molecule has 1 atom stereocenters. The zero-order valence-electron chi connectivity index (χ0n) is 12.0. The van der Waals surface area contributed by atoms with E-state index in [1.54, 1.807) is 6.20 Å². The van der Waals surface area contributed by atoms with E-state index in [0.717, 1.165) is 15.7 Å². The van der Waals surface area contributed by atoms with Crippen molar-refractivity contribution >= 4 is 15.9 Å². The Hall–Kier alpha value is -1.23. The van der Waals surface area contributed by atoms with Gasteiger partial charge in [0, 0.05) is 10.7 Å². The molecule has 1 aromatic heterocycles. The van der Waals surface area contributed by atoms with Crippen molar-refractivity contribution in [2.45, 2.75) is 32.2 Å². The standard InChI is InChI=1S/C16H20BrN3/c1-16(2,3)12-8-6-11(7-9-12)14(20-18)15-13(17)5-4-10-19-15/h4-10,14,20H,18H2,1-3H3. The maximum Gasteiger partial charge on any atom is 0.0892 e. The molecule has 0 saturated carbocycles. The monoisotopic (exact) mass is 333 g/mol. The highest BCUT2D eigenvalue weighted by Gasteiger charge is 2.18. The summed E-state index contributed by atoms with van der Waals surface area (Å²) in [5, 5.41) is 0. The summed E-state index contributed by atoms with van der Waals surface area (Å²) < 4.78 is 0.947. The van der Waals surface area contributed by atoms with Gasteiger partial charge in [-0.05, 0) is 44.6 Å². The first-order valence-electron chi connectivity index (χ1n) is 6.60. The lowest BCUT2D eigenvalue weighted by molar-refractivity contribution is 0.586. The van der Waals surface area contributed by atoms with E-state index in [9.17, 15) is 0 Å². The van der Waals surface area contributed by atoms with Crippen molar-refractivity contribution in [2.24, 2.45) is 5.84 Å². The van der Waals surface area contributed by atoms with E-state index in [0.29, 0.717) is 0 Å². The molecular weight excluding hydrogens is 314 g/mol. The summed E-state index contributed by atoms with van der Waals surface area (Å²) in [4.78, 5) is 4.41. The number of rotatable bonds is 3. The van der Waals surface area contributed by atoms with Gasteiger partial charge in [0.2, 0.25) is 0 Å². The van der Waals surface area contributed by atoms with Crippen LogP contribution < -0.4 is 11.3 Å². The second-order valence-electron chi connectivity index (χ2n) is 5.84. The Balaban J connectivity index is 2.36.